The van der Waals surface area contributed by atoms with E-state index in [0.717, 1.165) is 25.7 Å². The van der Waals surface area contributed by atoms with Crippen LogP contribution in [-0.4, -0.2) is 11.1 Å². The highest BCUT2D eigenvalue weighted by molar-refractivity contribution is 5.66. The number of carboxylic acid groups (broad SMARTS) is 1. The standard InChI is InChI=1S/C18H32O2/c1-2-3-4-5-6-7-8-9-10-11-12-13-14-15-16-17-18(19)20/h6-7,12-13H,2-5,8-11,14-17H2,1H3,(H,19,20)/b7-6+,13-12+. The molecule has 0 amide bonds. The molecule has 0 spiro atoms. The molecule has 0 rings (SSSR count). The van der Waals surface area contributed by atoms with Gasteiger partial charge < -0.3 is 5.11 Å². The van der Waals surface area contributed by atoms with Gasteiger partial charge in [0, 0.05) is 6.42 Å². The van der Waals surface area contributed by atoms with E-state index in [1.165, 1.54) is 44.9 Å². The molecular weight excluding hydrogens is 248 g/mol. The summed E-state index contributed by atoms with van der Waals surface area (Å²) in [7, 11) is 0. The molecule has 0 aliphatic heterocycles. The lowest BCUT2D eigenvalue weighted by molar-refractivity contribution is -0.137. The van der Waals surface area contributed by atoms with Crippen LogP contribution in [0.2, 0.25) is 0 Å². The summed E-state index contributed by atoms with van der Waals surface area (Å²) in [6.45, 7) is 2.24. The van der Waals surface area contributed by atoms with Gasteiger partial charge in [-0.1, -0.05) is 44.1 Å². The molecule has 0 aliphatic rings. The van der Waals surface area contributed by atoms with Crippen molar-refractivity contribution in [2.75, 3.05) is 0 Å². The fourth-order valence-corrected chi connectivity index (χ4v) is 2.05. The lowest BCUT2D eigenvalue weighted by Crippen LogP contribution is -1.92. The average Bonchev–Trinajstić information content (AvgIpc) is 2.43. The zero-order valence-electron chi connectivity index (χ0n) is 13.2. The topological polar surface area (TPSA) is 37.3 Å². The van der Waals surface area contributed by atoms with E-state index < -0.39 is 5.97 Å². The normalized spacial score (nSPS) is 11.7. The monoisotopic (exact) mass is 280 g/mol. The number of aliphatic carboxylic acids is 1. The largest absolute Gasteiger partial charge is 0.481 e. The van der Waals surface area contributed by atoms with Gasteiger partial charge in [-0.2, -0.15) is 0 Å². The Kier molecular flexibility index (Phi) is 15.2. The summed E-state index contributed by atoms with van der Waals surface area (Å²) in [5.74, 6) is -0.684. The lowest BCUT2D eigenvalue weighted by Gasteiger charge is -1.95. The molecule has 2 nitrogen and oxygen atoms in total. The van der Waals surface area contributed by atoms with Crippen LogP contribution in [0.25, 0.3) is 0 Å². The third-order valence-corrected chi connectivity index (χ3v) is 3.31. The lowest BCUT2D eigenvalue weighted by atomic mass is 10.1. The van der Waals surface area contributed by atoms with Crippen molar-refractivity contribution in [2.45, 2.75) is 84.0 Å². The third-order valence-electron chi connectivity index (χ3n) is 3.31. The Bertz CT molecular complexity index is 267. The number of unbranched alkanes of at least 4 members (excludes halogenated alkanes) is 8. The summed E-state index contributed by atoms with van der Waals surface area (Å²) in [4.78, 5) is 10.3. The highest BCUT2D eigenvalue weighted by Gasteiger charge is 1.94. The number of carbonyl (C=O) groups is 1. The van der Waals surface area contributed by atoms with Crippen LogP contribution in [0.3, 0.4) is 0 Å². The SMILES string of the molecule is CCCCC/C=C/CCCC/C=C/CCCCC(=O)O. The van der Waals surface area contributed by atoms with Crippen LogP contribution < -0.4 is 0 Å². The molecule has 0 aromatic heterocycles. The molecule has 116 valence electrons. The minimum Gasteiger partial charge on any atom is -0.481 e. The molecule has 0 aliphatic carbocycles. The van der Waals surface area contributed by atoms with Crippen molar-refractivity contribution in [3.05, 3.63) is 24.3 Å². The first-order chi connectivity index (χ1) is 9.77. The Balaban J connectivity index is 3.17. The predicted octanol–water partition coefficient (Wildman–Crippen LogP) is 5.88. The van der Waals surface area contributed by atoms with Gasteiger partial charge in [0.15, 0.2) is 0 Å². The second-order valence-electron chi connectivity index (χ2n) is 5.36. The summed E-state index contributed by atoms with van der Waals surface area (Å²) in [6, 6.07) is 0. The maximum Gasteiger partial charge on any atom is 0.303 e. The molecule has 0 atom stereocenters. The van der Waals surface area contributed by atoms with Crippen molar-refractivity contribution in [1.29, 1.82) is 0 Å². The van der Waals surface area contributed by atoms with Gasteiger partial charge in [-0.15, -0.1) is 0 Å². The van der Waals surface area contributed by atoms with Crippen molar-refractivity contribution < 1.29 is 9.90 Å². The van der Waals surface area contributed by atoms with Crippen molar-refractivity contribution in [3.8, 4) is 0 Å². The van der Waals surface area contributed by atoms with Crippen LogP contribution in [-0.2, 0) is 4.79 Å². The summed E-state index contributed by atoms with van der Waals surface area (Å²) in [5, 5.41) is 8.49. The molecule has 0 unspecified atom stereocenters. The first kappa shape index (κ1) is 18.9. The zero-order chi connectivity index (χ0) is 14.9. The quantitative estimate of drug-likeness (QED) is 0.318. The minimum atomic E-state index is -0.684. The second kappa shape index (κ2) is 16.0. The Morgan fingerprint density at radius 3 is 1.55 bits per heavy atom. The van der Waals surface area contributed by atoms with Crippen LogP contribution in [0.15, 0.2) is 24.3 Å². The predicted molar refractivity (Wildman–Crippen MR) is 87.0 cm³/mol. The number of carboxylic acids is 1. The van der Waals surface area contributed by atoms with Crippen LogP contribution in [0, 0.1) is 0 Å². The molecule has 0 aromatic rings. The van der Waals surface area contributed by atoms with E-state index in [4.69, 9.17) is 5.11 Å². The van der Waals surface area contributed by atoms with E-state index in [2.05, 4.69) is 31.2 Å². The van der Waals surface area contributed by atoms with Gasteiger partial charge in [-0.3, -0.25) is 4.79 Å². The van der Waals surface area contributed by atoms with Gasteiger partial charge in [-0.05, 0) is 57.8 Å². The van der Waals surface area contributed by atoms with E-state index >= 15 is 0 Å². The maximum absolute atomic E-state index is 10.3. The van der Waals surface area contributed by atoms with Gasteiger partial charge in [0.05, 0.1) is 0 Å². The molecular formula is C18H32O2. The molecule has 0 heterocycles. The third kappa shape index (κ3) is 16.9. The number of rotatable bonds is 14. The number of allylic oxidation sites excluding steroid dienone is 4. The summed E-state index contributed by atoms with van der Waals surface area (Å²) in [5.41, 5.74) is 0. The van der Waals surface area contributed by atoms with Crippen LogP contribution in [0.4, 0.5) is 0 Å². The molecule has 0 saturated heterocycles. The second-order valence-corrected chi connectivity index (χ2v) is 5.36. The Morgan fingerprint density at radius 1 is 0.750 bits per heavy atom. The molecule has 20 heavy (non-hydrogen) atoms. The Labute approximate surface area is 125 Å². The van der Waals surface area contributed by atoms with E-state index in [1.54, 1.807) is 0 Å². The molecule has 0 fully saturated rings. The molecule has 0 radical (unpaired) electrons. The van der Waals surface area contributed by atoms with E-state index in [0.29, 0.717) is 6.42 Å². The summed E-state index contributed by atoms with van der Waals surface area (Å²) >= 11 is 0. The van der Waals surface area contributed by atoms with Crippen molar-refractivity contribution >= 4 is 5.97 Å². The molecule has 0 bridgehead atoms. The highest BCUT2D eigenvalue weighted by Crippen LogP contribution is 2.06. The van der Waals surface area contributed by atoms with Crippen LogP contribution in [0.5, 0.6) is 0 Å². The molecule has 0 aromatic carbocycles. The summed E-state index contributed by atoms with van der Waals surface area (Å²) in [6.07, 6.45) is 22.3. The smallest absolute Gasteiger partial charge is 0.303 e. The van der Waals surface area contributed by atoms with Crippen LogP contribution in [0.1, 0.15) is 84.0 Å². The van der Waals surface area contributed by atoms with Crippen molar-refractivity contribution in [2.24, 2.45) is 0 Å². The molecule has 0 saturated carbocycles. The number of hydrogen-bond acceptors (Lipinski definition) is 1. The van der Waals surface area contributed by atoms with Gasteiger partial charge >= 0.3 is 5.97 Å². The van der Waals surface area contributed by atoms with Gasteiger partial charge in [0.25, 0.3) is 0 Å². The Hall–Kier alpha value is -1.05. The van der Waals surface area contributed by atoms with Gasteiger partial charge in [0.1, 0.15) is 0 Å². The van der Waals surface area contributed by atoms with Crippen molar-refractivity contribution in [3.63, 3.8) is 0 Å². The van der Waals surface area contributed by atoms with Crippen molar-refractivity contribution in [1.82, 2.24) is 0 Å². The van der Waals surface area contributed by atoms with E-state index in [-0.39, 0.29) is 0 Å². The highest BCUT2D eigenvalue weighted by atomic mass is 16.4. The first-order valence-electron chi connectivity index (χ1n) is 8.29. The average molecular weight is 280 g/mol. The van der Waals surface area contributed by atoms with E-state index in [9.17, 15) is 4.79 Å². The fourth-order valence-electron chi connectivity index (χ4n) is 2.05. The molecule has 1 N–H and O–H groups in total. The fraction of sp³-hybridized carbons (Fsp3) is 0.722. The molecule has 2 heteroatoms. The van der Waals surface area contributed by atoms with Gasteiger partial charge in [0.2, 0.25) is 0 Å². The summed E-state index contributed by atoms with van der Waals surface area (Å²) < 4.78 is 0. The van der Waals surface area contributed by atoms with Crippen LogP contribution >= 0.6 is 0 Å². The van der Waals surface area contributed by atoms with E-state index in [1.807, 2.05) is 0 Å². The number of hydrogen-bond donors (Lipinski definition) is 1. The zero-order valence-corrected chi connectivity index (χ0v) is 13.2. The Morgan fingerprint density at radius 2 is 1.15 bits per heavy atom. The maximum atomic E-state index is 10.3. The first-order valence-corrected chi connectivity index (χ1v) is 8.29. The van der Waals surface area contributed by atoms with Gasteiger partial charge in [-0.25, -0.2) is 0 Å². The minimum absolute atomic E-state index is 0.304.